The number of hydrogen-bond donors (Lipinski definition) is 2. The molecule has 1 aliphatic rings. The first-order valence-corrected chi connectivity index (χ1v) is 11.8. The first-order chi connectivity index (χ1) is 17.0. The van der Waals surface area contributed by atoms with E-state index in [4.69, 9.17) is 0 Å². The summed E-state index contributed by atoms with van der Waals surface area (Å²) in [7, 11) is 0. The number of para-hydroxylation sites is 2. The van der Waals surface area contributed by atoms with Gasteiger partial charge in [0.2, 0.25) is 0 Å². The predicted molar refractivity (Wildman–Crippen MR) is 137 cm³/mol. The Kier molecular flexibility index (Phi) is 6.19. The zero-order valence-electron chi connectivity index (χ0n) is 19.6. The van der Waals surface area contributed by atoms with Crippen molar-refractivity contribution >= 4 is 34.2 Å². The standard InChI is InChI=1S/C29H27N3O3/c1-19-8-5-6-13-25(19)31-27-22-11-7-12-23(29(34)35)26(22)30-18-24(27)28(33)32-16-14-21(15-17-32)20-9-3-2-4-10-20/h2-13,18,21H,14-17H2,1H3,(H,30,31)(H,34,35). The lowest BCUT2D eigenvalue weighted by molar-refractivity contribution is 0.0695. The van der Waals surface area contributed by atoms with E-state index in [0.29, 0.717) is 41.2 Å². The average molecular weight is 466 g/mol. The highest BCUT2D eigenvalue weighted by atomic mass is 16.4. The molecular weight excluding hydrogens is 438 g/mol. The number of fused-ring (bicyclic) bond motifs is 1. The van der Waals surface area contributed by atoms with Crippen molar-refractivity contribution in [1.82, 2.24) is 9.88 Å². The molecule has 0 bridgehead atoms. The number of nitrogens with one attached hydrogen (secondary N) is 1. The quantitative estimate of drug-likeness (QED) is 0.377. The number of benzene rings is 3. The summed E-state index contributed by atoms with van der Waals surface area (Å²) in [6, 6.07) is 23.3. The van der Waals surface area contributed by atoms with Crippen LogP contribution in [-0.2, 0) is 0 Å². The number of aryl methyl sites for hydroxylation is 1. The topological polar surface area (TPSA) is 82.5 Å². The summed E-state index contributed by atoms with van der Waals surface area (Å²) < 4.78 is 0. The van der Waals surface area contributed by atoms with Crippen molar-refractivity contribution in [3.63, 3.8) is 0 Å². The molecule has 0 spiro atoms. The van der Waals surface area contributed by atoms with Crippen LogP contribution < -0.4 is 5.32 Å². The molecule has 176 valence electrons. The highest BCUT2D eigenvalue weighted by Crippen LogP contribution is 2.34. The number of nitrogens with zero attached hydrogens (tertiary/aromatic N) is 2. The summed E-state index contributed by atoms with van der Waals surface area (Å²) in [6.45, 7) is 3.31. The van der Waals surface area contributed by atoms with Crippen LogP contribution in [0.15, 0.2) is 79.0 Å². The zero-order valence-corrected chi connectivity index (χ0v) is 19.6. The molecule has 1 saturated heterocycles. The second-order valence-electron chi connectivity index (χ2n) is 8.97. The fourth-order valence-corrected chi connectivity index (χ4v) is 4.85. The number of amides is 1. The number of carbonyl (C=O) groups is 2. The van der Waals surface area contributed by atoms with Crippen LogP contribution in [-0.4, -0.2) is 40.0 Å². The molecule has 0 saturated carbocycles. The van der Waals surface area contributed by atoms with E-state index in [2.05, 4.69) is 34.6 Å². The number of aromatic nitrogens is 1. The highest BCUT2D eigenvalue weighted by Gasteiger charge is 2.27. The fraction of sp³-hybridized carbons (Fsp3) is 0.207. The van der Waals surface area contributed by atoms with Gasteiger partial charge in [0.1, 0.15) is 0 Å². The maximum Gasteiger partial charge on any atom is 0.337 e. The molecule has 0 aliphatic carbocycles. The second-order valence-corrected chi connectivity index (χ2v) is 8.97. The van der Waals surface area contributed by atoms with Gasteiger partial charge in [0.25, 0.3) is 5.91 Å². The SMILES string of the molecule is Cc1ccccc1Nc1c(C(=O)N2CCC(c3ccccc3)CC2)cnc2c(C(=O)O)cccc12. The Balaban J connectivity index is 1.51. The lowest BCUT2D eigenvalue weighted by atomic mass is 9.89. The Bertz CT molecular complexity index is 1390. The minimum absolute atomic E-state index is 0.0947. The van der Waals surface area contributed by atoms with E-state index >= 15 is 0 Å². The van der Waals surface area contributed by atoms with Crippen LogP contribution in [0, 0.1) is 6.92 Å². The minimum Gasteiger partial charge on any atom is -0.478 e. The number of pyridine rings is 1. The van der Waals surface area contributed by atoms with E-state index in [9.17, 15) is 14.7 Å². The summed E-state index contributed by atoms with van der Waals surface area (Å²) in [5.74, 6) is -0.701. The normalized spacial score (nSPS) is 14.1. The maximum atomic E-state index is 13.7. The number of carboxylic acid groups (broad SMARTS) is 1. The van der Waals surface area contributed by atoms with Crippen LogP contribution in [0.5, 0.6) is 0 Å². The van der Waals surface area contributed by atoms with Crippen LogP contribution in [0.4, 0.5) is 11.4 Å². The van der Waals surface area contributed by atoms with Crippen LogP contribution in [0.3, 0.4) is 0 Å². The smallest absolute Gasteiger partial charge is 0.337 e. The highest BCUT2D eigenvalue weighted by molar-refractivity contribution is 6.12. The molecule has 6 nitrogen and oxygen atoms in total. The molecule has 3 aromatic carbocycles. The van der Waals surface area contributed by atoms with Crippen LogP contribution in [0.2, 0.25) is 0 Å². The van der Waals surface area contributed by atoms with E-state index in [0.717, 1.165) is 24.1 Å². The Morgan fingerprint density at radius 2 is 1.63 bits per heavy atom. The third-order valence-electron chi connectivity index (χ3n) is 6.82. The van der Waals surface area contributed by atoms with Gasteiger partial charge in [-0.2, -0.15) is 0 Å². The van der Waals surface area contributed by atoms with Crippen molar-refractivity contribution in [3.8, 4) is 0 Å². The predicted octanol–water partition coefficient (Wildman–Crippen LogP) is 6.00. The van der Waals surface area contributed by atoms with E-state index < -0.39 is 5.97 Å². The molecule has 5 rings (SSSR count). The average Bonchev–Trinajstić information content (AvgIpc) is 2.90. The maximum absolute atomic E-state index is 13.7. The number of likely N-dealkylation sites (tertiary alicyclic amines) is 1. The molecule has 6 heteroatoms. The molecule has 0 atom stereocenters. The lowest BCUT2D eigenvalue weighted by Gasteiger charge is -2.33. The van der Waals surface area contributed by atoms with E-state index in [1.54, 1.807) is 6.07 Å². The van der Waals surface area contributed by atoms with E-state index in [1.807, 2.05) is 48.2 Å². The summed E-state index contributed by atoms with van der Waals surface area (Å²) in [5.41, 5.74) is 4.69. The van der Waals surface area contributed by atoms with Gasteiger partial charge in [0.05, 0.1) is 22.3 Å². The van der Waals surface area contributed by atoms with Crippen molar-refractivity contribution in [2.45, 2.75) is 25.7 Å². The number of piperidine rings is 1. The first kappa shape index (κ1) is 22.6. The molecule has 35 heavy (non-hydrogen) atoms. The van der Waals surface area contributed by atoms with Gasteiger partial charge in [-0.3, -0.25) is 9.78 Å². The molecule has 1 fully saturated rings. The Labute approximate surface area is 204 Å². The van der Waals surface area contributed by atoms with Gasteiger partial charge in [-0.25, -0.2) is 4.79 Å². The molecule has 2 heterocycles. The number of anilines is 2. The van der Waals surface area contributed by atoms with Gasteiger partial charge in [0.15, 0.2) is 0 Å². The molecule has 4 aromatic rings. The summed E-state index contributed by atoms with van der Waals surface area (Å²) in [4.78, 5) is 31.9. The monoisotopic (exact) mass is 465 g/mol. The zero-order chi connectivity index (χ0) is 24.4. The first-order valence-electron chi connectivity index (χ1n) is 11.8. The molecule has 1 aromatic heterocycles. The summed E-state index contributed by atoms with van der Waals surface area (Å²) in [6.07, 6.45) is 3.32. The Morgan fingerprint density at radius 1 is 0.914 bits per heavy atom. The van der Waals surface area contributed by atoms with Crippen LogP contribution in [0.1, 0.15) is 50.6 Å². The third kappa shape index (κ3) is 4.47. The molecular formula is C29H27N3O3. The number of carboxylic acids is 1. The fourth-order valence-electron chi connectivity index (χ4n) is 4.85. The second kappa shape index (κ2) is 9.58. The van der Waals surface area contributed by atoms with Crippen molar-refractivity contribution < 1.29 is 14.7 Å². The molecule has 2 N–H and O–H groups in total. The van der Waals surface area contributed by atoms with Gasteiger partial charge in [-0.15, -0.1) is 0 Å². The van der Waals surface area contributed by atoms with Crippen LogP contribution in [0.25, 0.3) is 10.9 Å². The van der Waals surface area contributed by atoms with Crippen LogP contribution >= 0.6 is 0 Å². The van der Waals surface area contributed by atoms with Gasteiger partial charge in [-0.05, 0) is 48.9 Å². The molecule has 0 unspecified atom stereocenters. The van der Waals surface area contributed by atoms with E-state index in [-0.39, 0.29) is 11.5 Å². The largest absolute Gasteiger partial charge is 0.478 e. The van der Waals surface area contributed by atoms with Crippen molar-refractivity contribution in [2.24, 2.45) is 0 Å². The number of aromatic carboxylic acids is 1. The van der Waals surface area contributed by atoms with Gasteiger partial charge >= 0.3 is 5.97 Å². The Hall–Kier alpha value is -4.19. The summed E-state index contributed by atoms with van der Waals surface area (Å²) in [5, 5.41) is 13.7. The lowest BCUT2D eigenvalue weighted by Crippen LogP contribution is -2.38. The number of hydrogen-bond acceptors (Lipinski definition) is 4. The number of carbonyl (C=O) groups excluding carboxylic acids is 1. The van der Waals surface area contributed by atoms with Crippen molar-refractivity contribution in [2.75, 3.05) is 18.4 Å². The van der Waals surface area contributed by atoms with Crippen molar-refractivity contribution in [3.05, 3.63) is 101 Å². The van der Waals surface area contributed by atoms with Gasteiger partial charge in [-0.1, -0.05) is 60.7 Å². The number of rotatable bonds is 5. The Morgan fingerprint density at radius 3 is 2.34 bits per heavy atom. The van der Waals surface area contributed by atoms with E-state index in [1.165, 1.54) is 17.8 Å². The minimum atomic E-state index is -1.05. The molecule has 0 radical (unpaired) electrons. The van der Waals surface area contributed by atoms with Gasteiger partial charge < -0.3 is 15.3 Å². The van der Waals surface area contributed by atoms with Crippen molar-refractivity contribution in [1.29, 1.82) is 0 Å². The summed E-state index contributed by atoms with van der Waals surface area (Å²) >= 11 is 0. The molecule has 1 amide bonds. The van der Waals surface area contributed by atoms with Gasteiger partial charge in [0, 0.05) is 30.4 Å². The molecule has 1 aliphatic heterocycles. The third-order valence-corrected chi connectivity index (χ3v) is 6.82.